The van der Waals surface area contributed by atoms with E-state index >= 15 is 0 Å². The zero-order chi connectivity index (χ0) is 21.9. The van der Waals surface area contributed by atoms with E-state index in [1.54, 1.807) is 18.2 Å². The quantitative estimate of drug-likeness (QED) is 0.429. The Bertz CT molecular complexity index is 1350. The van der Waals surface area contributed by atoms with E-state index in [0.29, 0.717) is 17.9 Å². The number of hydrogen-bond donors (Lipinski definition) is 2. The second-order valence-electron chi connectivity index (χ2n) is 7.31. The van der Waals surface area contributed by atoms with E-state index in [-0.39, 0.29) is 11.7 Å². The number of nitrogens with one attached hydrogen (secondary N) is 2. The van der Waals surface area contributed by atoms with Gasteiger partial charge in [0.1, 0.15) is 24.0 Å². The van der Waals surface area contributed by atoms with Gasteiger partial charge in [-0.05, 0) is 58.5 Å². The Labute approximate surface area is 182 Å². The second-order valence-corrected chi connectivity index (χ2v) is 7.31. The first-order valence-corrected chi connectivity index (χ1v) is 9.99. The number of hydrogen-bond acceptors (Lipinski definition) is 5. The fourth-order valence-electron chi connectivity index (χ4n) is 3.51. The third-order valence-corrected chi connectivity index (χ3v) is 5.13. The number of rotatable bonds is 6. The summed E-state index contributed by atoms with van der Waals surface area (Å²) < 4.78 is 14.6. The fourth-order valence-corrected chi connectivity index (χ4v) is 3.51. The third-order valence-electron chi connectivity index (χ3n) is 5.13. The van der Waals surface area contributed by atoms with E-state index in [4.69, 9.17) is 0 Å². The highest BCUT2D eigenvalue weighted by Gasteiger charge is 2.22. The lowest BCUT2D eigenvalue weighted by Gasteiger charge is -2.16. The molecule has 0 saturated heterocycles. The maximum atomic E-state index is 13.2. The molecule has 0 saturated carbocycles. The summed E-state index contributed by atoms with van der Waals surface area (Å²) >= 11 is 0. The first-order valence-electron chi connectivity index (χ1n) is 9.99. The Morgan fingerprint density at radius 2 is 1.88 bits per heavy atom. The summed E-state index contributed by atoms with van der Waals surface area (Å²) in [5.74, 6) is 0.0837. The summed E-state index contributed by atoms with van der Waals surface area (Å²) in [7, 11) is 0. The summed E-state index contributed by atoms with van der Waals surface area (Å²) in [6, 6.07) is 20.6. The maximum absolute atomic E-state index is 13.2. The van der Waals surface area contributed by atoms with Crippen molar-refractivity contribution in [2.24, 2.45) is 0 Å². The molecular formula is C23H18FN7O. The van der Waals surface area contributed by atoms with Crippen LogP contribution in [0.15, 0.2) is 79.1 Å². The number of aromatic nitrogens is 6. The van der Waals surface area contributed by atoms with Crippen LogP contribution < -0.4 is 5.32 Å². The Hall–Kier alpha value is -4.40. The molecule has 32 heavy (non-hydrogen) atoms. The molecule has 0 aliphatic heterocycles. The van der Waals surface area contributed by atoms with Gasteiger partial charge in [-0.2, -0.15) is 0 Å². The van der Waals surface area contributed by atoms with Crippen LogP contribution in [0.5, 0.6) is 0 Å². The molecule has 1 atom stereocenters. The topological polar surface area (TPSA) is 101 Å². The van der Waals surface area contributed by atoms with Crippen LogP contribution in [0.4, 0.5) is 10.1 Å². The normalized spacial score (nSPS) is 12.0. The van der Waals surface area contributed by atoms with Crippen molar-refractivity contribution in [3.8, 4) is 11.4 Å². The number of carbonyl (C=O) groups excluding carboxylic acids is 1. The van der Waals surface area contributed by atoms with Crippen LogP contribution in [-0.4, -0.2) is 36.1 Å². The molecule has 2 N–H and O–H groups in total. The van der Waals surface area contributed by atoms with E-state index in [0.717, 1.165) is 22.2 Å². The highest BCUT2D eigenvalue weighted by molar-refractivity contribution is 5.95. The molecule has 158 valence electrons. The molecule has 0 aliphatic carbocycles. The van der Waals surface area contributed by atoms with Crippen molar-refractivity contribution < 1.29 is 9.18 Å². The van der Waals surface area contributed by atoms with Crippen LogP contribution in [0.1, 0.15) is 11.6 Å². The Balaban J connectivity index is 1.39. The van der Waals surface area contributed by atoms with Crippen molar-refractivity contribution in [3.63, 3.8) is 0 Å². The van der Waals surface area contributed by atoms with Gasteiger partial charge in [0.15, 0.2) is 0 Å². The van der Waals surface area contributed by atoms with E-state index in [1.165, 1.54) is 23.1 Å². The Morgan fingerprint density at radius 1 is 1.06 bits per heavy atom. The van der Waals surface area contributed by atoms with Gasteiger partial charge in [0.05, 0.1) is 11.0 Å². The molecule has 2 heterocycles. The van der Waals surface area contributed by atoms with E-state index in [1.807, 2.05) is 42.5 Å². The van der Waals surface area contributed by atoms with Gasteiger partial charge in [-0.15, -0.1) is 5.10 Å². The molecule has 1 unspecified atom stereocenters. The number of nitrogens with zero attached hydrogens (tertiary/aromatic N) is 5. The standard InChI is InChI=1S/C23H18FN7O/c24-17-8-6-16(7-9-17)22-27-19-11-10-18(13-20(19)28-22)26-23(32)21(31-14-25-29-30-31)12-15-4-2-1-3-5-15/h1-11,13-14,21H,12H2,(H,26,32)(H,27,28). The van der Waals surface area contributed by atoms with Crippen LogP contribution >= 0.6 is 0 Å². The van der Waals surface area contributed by atoms with Crippen LogP contribution in [-0.2, 0) is 11.2 Å². The first-order chi connectivity index (χ1) is 15.7. The van der Waals surface area contributed by atoms with Crippen LogP contribution in [0.3, 0.4) is 0 Å². The average Bonchev–Trinajstić information content (AvgIpc) is 3.48. The molecule has 3 aromatic carbocycles. The molecule has 9 heteroatoms. The molecule has 5 aromatic rings. The number of tetrazole rings is 1. The van der Waals surface area contributed by atoms with Crippen LogP contribution in [0.2, 0.25) is 0 Å². The monoisotopic (exact) mass is 427 g/mol. The maximum Gasteiger partial charge on any atom is 0.249 e. The number of fused-ring (bicyclic) bond motifs is 1. The molecule has 0 spiro atoms. The Morgan fingerprint density at radius 3 is 2.62 bits per heavy atom. The van der Waals surface area contributed by atoms with Gasteiger partial charge in [-0.3, -0.25) is 4.79 Å². The molecule has 2 aromatic heterocycles. The minimum absolute atomic E-state index is 0.237. The lowest BCUT2D eigenvalue weighted by atomic mass is 10.1. The first kappa shape index (κ1) is 19.6. The zero-order valence-electron chi connectivity index (χ0n) is 16.8. The number of H-pyrrole nitrogens is 1. The van der Waals surface area contributed by atoms with Gasteiger partial charge >= 0.3 is 0 Å². The van der Waals surface area contributed by atoms with E-state index in [2.05, 4.69) is 30.8 Å². The number of amides is 1. The lowest BCUT2D eigenvalue weighted by molar-refractivity contribution is -0.119. The van der Waals surface area contributed by atoms with Gasteiger partial charge in [-0.25, -0.2) is 14.1 Å². The average molecular weight is 427 g/mol. The lowest BCUT2D eigenvalue weighted by Crippen LogP contribution is -2.28. The predicted molar refractivity (Wildman–Crippen MR) is 117 cm³/mol. The summed E-state index contributed by atoms with van der Waals surface area (Å²) in [6.45, 7) is 0. The SMILES string of the molecule is O=C(Nc1ccc2nc(-c3ccc(F)cc3)[nH]c2c1)C(Cc1ccccc1)n1cnnn1. The van der Waals surface area contributed by atoms with Crippen molar-refractivity contribution in [1.82, 2.24) is 30.2 Å². The molecule has 0 bridgehead atoms. The summed E-state index contributed by atoms with van der Waals surface area (Å²) in [6.07, 6.45) is 1.87. The van der Waals surface area contributed by atoms with Crippen molar-refractivity contribution in [3.05, 3.63) is 90.5 Å². The van der Waals surface area contributed by atoms with Crippen LogP contribution in [0, 0.1) is 5.82 Å². The molecule has 8 nitrogen and oxygen atoms in total. The highest BCUT2D eigenvalue weighted by atomic mass is 19.1. The summed E-state index contributed by atoms with van der Waals surface area (Å²) in [5, 5.41) is 14.2. The number of halogens is 1. The Kier molecular flexibility index (Phi) is 5.12. The number of carbonyl (C=O) groups is 1. The van der Waals surface area contributed by atoms with Gasteiger partial charge < -0.3 is 10.3 Å². The number of anilines is 1. The number of benzene rings is 3. The molecule has 1 amide bonds. The second kappa shape index (κ2) is 8.38. The van der Waals surface area contributed by atoms with E-state index < -0.39 is 6.04 Å². The largest absolute Gasteiger partial charge is 0.338 e. The molecular weight excluding hydrogens is 409 g/mol. The number of aromatic amines is 1. The predicted octanol–water partition coefficient (Wildman–Crippen LogP) is 3.78. The van der Waals surface area contributed by atoms with Gasteiger partial charge in [-0.1, -0.05) is 30.3 Å². The molecule has 0 aliphatic rings. The molecule has 0 radical (unpaired) electrons. The van der Waals surface area contributed by atoms with E-state index in [9.17, 15) is 9.18 Å². The number of imidazole rings is 1. The smallest absolute Gasteiger partial charge is 0.249 e. The fraction of sp³-hybridized carbons (Fsp3) is 0.0870. The molecule has 5 rings (SSSR count). The van der Waals surface area contributed by atoms with Gasteiger partial charge in [0.25, 0.3) is 0 Å². The summed E-state index contributed by atoms with van der Waals surface area (Å²) in [5.41, 5.74) is 3.88. The third kappa shape index (κ3) is 4.08. The van der Waals surface area contributed by atoms with Gasteiger partial charge in [0.2, 0.25) is 5.91 Å². The van der Waals surface area contributed by atoms with Crippen LogP contribution in [0.25, 0.3) is 22.4 Å². The minimum Gasteiger partial charge on any atom is -0.338 e. The molecule has 0 fully saturated rings. The summed E-state index contributed by atoms with van der Waals surface area (Å²) in [4.78, 5) is 20.9. The zero-order valence-corrected chi connectivity index (χ0v) is 16.8. The highest BCUT2D eigenvalue weighted by Crippen LogP contribution is 2.24. The minimum atomic E-state index is -0.611. The van der Waals surface area contributed by atoms with Crippen molar-refractivity contribution >= 4 is 22.6 Å². The van der Waals surface area contributed by atoms with Crippen molar-refractivity contribution in [2.75, 3.05) is 5.32 Å². The van der Waals surface area contributed by atoms with Crippen molar-refractivity contribution in [2.45, 2.75) is 12.5 Å². The van der Waals surface area contributed by atoms with Crippen molar-refractivity contribution in [1.29, 1.82) is 0 Å². The van der Waals surface area contributed by atoms with Gasteiger partial charge in [0, 0.05) is 17.7 Å².